The van der Waals surface area contributed by atoms with Crippen molar-refractivity contribution in [3.8, 4) is 0 Å². The fourth-order valence-corrected chi connectivity index (χ4v) is 3.60. The van der Waals surface area contributed by atoms with Crippen LogP contribution in [-0.4, -0.2) is 56.7 Å². The van der Waals surface area contributed by atoms with Gasteiger partial charge in [0.25, 0.3) is 0 Å². The van der Waals surface area contributed by atoms with Crippen molar-refractivity contribution in [2.45, 2.75) is 57.5 Å². The lowest BCUT2D eigenvalue weighted by atomic mass is 10.1. The summed E-state index contributed by atoms with van der Waals surface area (Å²) in [5.41, 5.74) is 6.25. The number of hydrogen-bond donors (Lipinski definition) is 2. The van der Waals surface area contributed by atoms with Crippen LogP contribution in [0.15, 0.2) is 12.7 Å². The molecule has 4 heterocycles. The lowest BCUT2D eigenvalue weighted by molar-refractivity contribution is -0.204. The van der Waals surface area contributed by atoms with E-state index in [1.54, 1.807) is 6.33 Å². The van der Waals surface area contributed by atoms with Gasteiger partial charge in [-0.25, -0.2) is 15.0 Å². The number of nitrogen functional groups attached to an aromatic ring is 1. The van der Waals surface area contributed by atoms with Gasteiger partial charge in [0.1, 0.15) is 24.1 Å². The van der Waals surface area contributed by atoms with Crippen LogP contribution in [-0.2, 0) is 19.9 Å². The Morgan fingerprint density at radius 1 is 1.36 bits per heavy atom. The number of nitrogens with two attached hydrogens (primary N) is 1. The van der Waals surface area contributed by atoms with Crippen LogP contribution >= 0.6 is 0 Å². The molecule has 0 saturated carbocycles. The molecule has 9 nitrogen and oxygen atoms in total. The Morgan fingerprint density at radius 3 is 2.92 bits per heavy atom. The smallest absolute Gasteiger partial charge is 0.203 e. The molecule has 0 amide bonds. The van der Waals surface area contributed by atoms with Gasteiger partial charge in [-0.15, -0.1) is 0 Å². The van der Waals surface area contributed by atoms with Crippen molar-refractivity contribution in [1.82, 2.24) is 24.8 Å². The first kappa shape index (κ1) is 16.6. The third-order valence-corrected chi connectivity index (χ3v) is 4.62. The molecule has 136 valence electrons. The number of aromatic nitrogens is 4. The van der Waals surface area contributed by atoms with Crippen LogP contribution in [0, 0.1) is 0 Å². The van der Waals surface area contributed by atoms with Crippen molar-refractivity contribution in [3.63, 3.8) is 0 Å². The third kappa shape index (κ3) is 2.58. The quantitative estimate of drug-likeness (QED) is 0.827. The van der Waals surface area contributed by atoms with Crippen molar-refractivity contribution in [3.05, 3.63) is 12.7 Å². The Morgan fingerprint density at radius 2 is 2.16 bits per heavy atom. The molecule has 0 aliphatic carbocycles. The fraction of sp³-hybridized carbons (Fsp3) is 0.688. The summed E-state index contributed by atoms with van der Waals surface area (Å²) >= 11 is 0. The van der Waals surface area contributed by atoms with E-state index in [1.807, 2.05) is 18.4 Å². The maximum atomic E-state index is 6.34. The largest absolute Gasteiger partial charge is 0.382 e. The van der Waals surface area contributed by atoms with Crippen LogP contribution in [0.3, 0.4) is 0 Å². The Balaban J connectivity index is 1.76. The minimum absolute atomic E-state index is 0.138. The van der Waals surface area contributed by atoms with Crippen LogP contribution < -0.4 is 11.1 Å². The number of anilines is 1. The summed E-state index contributed by atoms with van der Waals surface area (Å²) in [4.78, 5) is 12.7. The van der Waals surface area contributed by atoms with E-state index in [1.165, 1.54) is 6.33 Å². The maximum absolute atomic E-state index is 6.34. The van der Waals surface area contributed by atoms with Gasteiger partial charge >= 0.3 is 0 Å². The molecule has 25 heavy (non-hydrogen) atoms. The van der Waals surface area contributed by atoms with E-state index < -0.39 is 11.5 Å². The zero-order chi connectivity index (χ0) is 17.8. The molecule has 9 heteroatoms. The topological polar surface area (TPSA) is 109 Å². The molecule has 2 saturated heterocycles. The molecule has 0 spiro atoms. The summed E-state index contributed by atoms with van der Waals surface area (Å²) in [6, 6.07) is 0.357. The predicted octanol–water partition coefficient (Wildman–Crippen LogP) is 0.610. The number of ether oxygens (including phenoxy) is 3. The zero-order valence-corrected chi connectivity index (χ0v) is 14.9. The lowest BCUT2D eigenvalue weighted by Gasteiger charge is -2.28. The molecule has 3 atom stereocenters. The fourth-order valence-electron chi connectivity index (χ4n) is 3.60. The van der Waals surface area contributed by atoms with Crippen molar-refractivity contribution < 1.29 is 14.2 Å². The van der Waals surface area contributed by atoms with E-state index in [-0.39, 0.29) is 12.2 Å². The standard InChI is InChI=1S/C16H24N6O3/c1-9(2)18-5-10-12-16(6-23-10,25-15(3,4)24-12)22-8-21-11-13(17)19-7-20-14(11)22/h7-10,12,18H,5-6H2,1-4H3,(H2,17,19,20)/t10-,12-,16-/m1/s1. The Bertz CT molecular complexity index is 791. The minimum Gasteiger partial charge on any atom is -0.382 e. The van der Waals surface area contributed by atoms with E-state index in [0.717, 1.165) is 0 Å². The second-order valence-corrected chi connectivity index (χ2v) is 7.34. The summed E-state index contributed by atoms with van der Waals surface area (Å²) in [6.45, 7) is 9.03. The molecule has 2 aliphatic rings. The molecule has 3 N–H and O–H groups in total. The number of nitrogens with zero attached hydrogens (tertiary/aromatic N) is 4. The minimum atomic E-state index is -0.831. The molecule has 2 fully saturated rings. The molecule has 0 unspecified atom stereocenters. The first-order chi connectivity index (χ1) is 11.8. The molecule has 2 aromatic rings. The van der Waals surface area contributed by atoms with Gasteiger partial charge in [-0.05, 0) is 13.8 Å². The average Bonchev–Trinajstić information content (AvgIpc) is 3.16. The van der Waals surface area contributed by atoms with Gasteiger partial charge < -0.3 is 25.3 Å². The summed E-state index contributed by atoms with van der Waals surface area (Å²) in [6.07, 6.45) is 2.67. The zero-order valence-electron chi connectivity index (χ0n) is 14.9. The second-order valence-electron chi connectivity index (χ2n) is 7.34. The Kier molecular flexibility index (Phi) is 3.73. The van der Waals surface area contributed by atoms with E-state index in [9.17, 15) is 0 Å². The molecule has 0 radical (unpaired) electrons. The average molecular weight is 348 g/mol. The second kappa shape index (κ2) is 5.60. The van der Waals surface area contributed by atoms with Gasteiger partial charge in [0.05, 0.1) is 12.9 Å². The van der Waals surface area contributed by atoms with E-state index >= 15 is 0 Å². The van der Waals surface area contributed by atoms with Gasteiger partial charge in [-0.2, -0.15) is 0 Å². The maximum Gasteiger partial charge on any atom is 0.203 e. The highest BCUT2D eigenvalue weighted by Crippen LogP contribution is 2.47. The van der Waals surface area contributed by atoms with Crippen LogP contribution in [0.1, 0.15) is 27.7 Å². The van der Waals surface area contributed by atoms with Crippen LogP contribution in [0.5, 0.6) is 0 Å². The molecule has 2 aliphatic heterocycles. The van der Waals surface area contributed by atoms with Crippen LogP contribution in [0.4, 0.5) is 5.82 Å². The third-order valence-electron chi connectivity index (χ3n) is 4.62. The number of nitrogens with one attached hydrogen (secondary N) is 1. The van der Waals surface area contributed by atoms with Gasteiger partial charge in [0.15, 0.2) is 17.3 Å². The summed E-state index contributed by atoms with van der Waals surface area (Å²) < 4.78 is 20.5. The van der Waals surface area contributed by atoms with Crippen molar-refractivity contribution in [1.29, 1.82) is 0 Å². The number of imidazole rings is 1. The Labute approximate surface area is 145 Å². The first-order valence-electron chi connectivity index (χ1n) is 8.49. The molecule has 0 bridgehead atoms. The summed E-state index contributed by atoms with van der Waals surface area (Å²) in [5.74, 6) is -0.397. The molecule has 2 aromatic heterocycles. The summed E-state index contributed by atoms with van der Waals surface area (Å²) in [5, 5.41) is 3.41. The van der Waals surface area contributed by atoms with Crippen molar-refractivity contribution >= 4 is 17.0 Å². The SMILES string of the molecule is CC(C)NC[C@H]1OC[C@@]2(n3cnc4c(N)ncnc43)OC(C)(C)O[C@H]12. The van der Waals surface area contributed by atoms with Crippen LogP contribution in [0.25, 0.3) is 11.2 Å². The highest BCUT2D eigenvalue weighted by Gasteiger charge is 2.62. The highest BCUT2D eigenvalue weighted by atomic mass is 16.8. The van der Waals surface area contributed by atoms with Gasteiger partial charge in [0, 0.05) is 12.6 Å². The van der Waals surface area contributed by atoms with E-state index in [4.69, 9.17) is 19.9 Å². The highest BCUT2D eigenvalue weighted by molar-refractivity contribution is 5.81. The number of fused-ring (bicyclic) bond motifs is 2. The number of rotatable bonds is 4. The van der Waals surface area contributed by atoms with E-state index in [2.05, 4.69) is 34.1 Å². The Hall–Kier alpha value is -1.81. The lowest BCUT2D eigenvalue weighted by Crippen LogP contribution is -2.46. The molecule has 0 aromatic carbocycles. The molecule has 4 rings (SSSR count). The first-order valence-corrected chi connectivity index (χ1v) is 8.49. The van der Waals surface area contributed by atoms with Crippen LogP contribution in [0.2, 0.25) is 0 Å². The van der Waals surface area contributed by atoms with E-state index in [0.29, 0.717) is 36.2 Å². The molecular weight excluding hydrogens is 324 g/mol. The van der Waals surface area contributed by atoms with Gasteiger partial charge in [-0.1, -0.05) is 13.8 Å². The van der Waals surface area contributed by atoms with Gasteiger partial charge in [0.2, 0.25) is 5.72 Å². The van der Waals surface area contributed by atoms with Crippen molar-refractivity contribution in [2.75, 3.05) is 18.9 Å². The normalized spacial score (nSPS) is 31.1. The summed E-state index contributed by atoms with van der Waals surface area (Å²) in [7, 11) is 0. The predicted molar refractivity (Wildman–Crippen MR) is 90.6 cm³/mol. The van der Waals surface area contributed by atoms with Crippen molar-refractivity contribution in [2.24, 2.45) is 0 Å². The molecular formula is C16H24N6O3. The monoisotopic (exact) mass is 348 g/mol. The number of hydrogen-bond acceptors (Lipinski definition) is 8. The van der Waals surface area contributed by atoms with Gasteiger partial charge in [-0.3, -0.25) is 4.57 Å².